The van der Waals surface area contributed by atoms with Gasteiger partial charge in [-0.1, -0.05) is 31.9 Å². The smallest absolute Gasteiger partial charge is 0.321 e. The third kappa shape index (κ3) is 6.79. The van der Waals surface area contributed by atoms with Crippen LogP contribution < -0.4 is 5.32 Å². The van der Waals surface area contributed by atoms with E-state index in [1.807, 2.05) is 12.1 Å². The third-order valence-electron chi connectivity index (χ3n) is 3.28. The van der Waals surface area contributed by atoms with Gasteiger partial charge in [-0.2, -0.15) is 0 Å². The number of nitrogens with one attached hydrogen (secondary N) is 1. The molecular weight excluding hydrogens is 268 g/mol. The van der Waals surface area contributed by atoms with Gasteiger partial charge in [0.15, 0.2) is 0 Å². The molecule has 0 aliphatic carbocycles. The first-order valence-electron chi connectivity index (χ1n) is 7.35. The summed E-state index contributed by atoms with van der Waals surface area (Å²) in [6.07, 6.45) is 3.88. The number of urea groups is 1. The van der Waals surface area contributed by atoms with Gasteiger partial charge in [0.1, 0.15) is 0 Å². The number of nitrogens with zero attached hydrogens (tertiary/aromatic N) is 1. The first-order valence-corrected chi connectivity index (χ1v) is 7.35. The Morgan fingerprint density at radius 2 is 1.86 bits per heavy atom. The van der Waals surface area contributed by atoms with Gasteiger partial charge in [-0.3, -0.25) is 4.79 Å². The number of carboxylic acid groups (broad SMARTS) is 1. The Morgan fingerprint density at radius 1 is 1.19 bits per heavy atom. The molecule has 21 heavy (non-hydrogen) atoms. The zero-order chi connectivity index (χ0) is 15.7. The first kappa shape index (κ1) is 17.0. The third-order valence-corrected chi connectivity index (χ3v) is 3.28. The lowest BCUT2D eigenvalue weighted by Gasteiger charge is -2.17. The highest BCUT2D eigenvalue weighted by Crippen LogP contribution is 2.12. The van der Waals surface area contributed by atoms with Crippen LogP contribution in [-0.2, 0) is 11.2 Å². The molecule has 1 aromatic rings. The van der Waals surface area contributed by atoms with Crippen LogP contribution in [0.15, 0.2) is 24.3 Å². The summed E-state index contributed by atoms with van der Waals surface area (Å²) >= 11 is 0. The van der Waals surface area contributed by atoms with E-state index in [9.17, 15) is 9.59 Å². The maximum atomic E-state index is 11.9. The zero-order valence-corrected chi connectivity index (χ0v) is 12.8. The van der Waals surface area contributed by atoms with Gasteiger partial charge in [0, 0.05) is 25.7 Å². The number of hydrogen-bond acceptors (Lipinski definition) is 2. The first-order chi connectivity index (χ1) is 10.0. The van der Waals surface area contributed by atoms with E-state index in [0.29, 0.717) is 6.42 Å². The molecule has 0 aromatic heterocycles. The summed E-state index contributed by atoms with van der Waals surface area (Å²) in [4.78, 5) is 24.1. The lowest BCUT2D eigenvalue weighted by molar-refractivity contribution is -0.136. The van der Waals surface area contributed by atoms with Crippen LogP contribution in [0.3, 0.4) is 0 Å². The van der Waals surface area contributed by atoms with Crippen LogP contribution in [0.1, 0.15) is 38.2 Å². The number of rotatable bonds is 8. The molecule has 2 amide bonds. The second-order valence-electron chi connectivity index (χ2n) is 5.15. The van der Waals surface area contributed by atoms with Gasteiger partial charge in [0.2, 0.25) is 0 Å². The van der Waals surface area contributed by atoms with Crippen LogP contribution in [-0.4, -0.2) is 35.6 Å². The minimum atomic E-state index is -0.805. The number of amides is 2. The molecule has 116 valence electrons. The lowest BCUT2D eigenvalue weighted by atomic mass is 10.1. The summed E-state index contributed by atoms with van der Waals surface area (Å²) in [5.74, 6) is -0.805. The van der Waals surface area contributed by atoms with Gasteiger partial charge in [-0.25, -0.2) is 4.79 Å². The molecule has 0 bridgehead atoms. The molecule has 0 spiro atoms. The summed E-state index contributed by atoms with van der Waals surface area (Å²) in [5, 5.41) is 11.5. The van der Waals surface area contributed by atoms with E-state index in [-0.39, 0.29) is 12.5 Å². The molecule has 0 unspecified atom stereocenters. The predicted octanol–water partition coefficient (Wildman–Crippen LogP) is 3.36. The fourth-order valence-corrected chi connectivity index (χ4v) is 1.93. The van der Waals surface area contributed by atoms with Crippen molar-refractivity contribution in [3.8, 4) is 0 Å². The number of carbonyl (C=O) groups is 2. The van der Waals surface area contributed by atoms with Crippen molar-refractivity contribution in [2.45, 2.75) is 39.0 Å². The van der Waals surface area contributed by atoms with Crippen molar-refractivity contribution in [2.75, 3.05) is 18.9 Å². The standard InChI is InChI=1S/C16H24N2O3/c1-3-4-5-12-18(2)16(21)17-14-9-6-13(7-10-14)8-11-15(19)20/h6-7,9-10H,3-5,8,11-12H2,1-2H3,(H,17,21)(H,19,20). The molecule has 2 N–H and O–H groups in total. The van der Waals surface area contributed by atoms with Gasteiger partial charge in [0.25, 0.3) is 0 Å². The van der Waals surface area contributed by atoms with E-state index in [2.05, 4.69) is 12.2 Å². The molecule has 0 fully saturated rings. The highest BCUT2D eigenvalue weighted by Gasteiger charge is 2.08. The highest BCUT2D eigenvalue weighted by atomic mass is 16.4. The van der Waals surface area contributed by atoms with E-state index in [4.69, 9.17) is 5.11 Å². The zero-order valence-electron chi connectivity index (χ0n) is 12.8. The fraction of sp³-hybridized carbons (Fsp3) is 0.500. The molecule has 0 saturated heterocycles. The number of hydrogen-bond donors (Lipinski definition) is 2. The number of carboxylic acids is 1. The summed E-state index contributed by atoms with van der Waals surface area (Å²) in [5.41, 5.74) is 1.67. The van der Waals surface area contributed by atoms with Crippen molar-refractivity contribution in [1.82, 2.24) is 4.90 Å². The van der Waals surface area contributed by atoms with E-state index in [0.717, 1.165) is 37.1 Å². The molecule has 0 aliphatic heterocycles. The van der Waals surface area contributed by atoms with Crippen LogP contribution in [0.25, 0.3) is 0 Å². The minimum absolute atomic E-state index is 0.117. The van der Waals surface area contributed by atoms with Crippen molar-refractivity contribution in [2.24, 2.45) is 0 Å². The molecule has 1 rings (SSSR count). The molecule has 1 aromatic carbocycles. The molecule has 0 heterocycles. The number of anilines is 1. The second kappa shape index (κ2) is 9.00. The van der Waals surface area contributed by atoms with Gasteiger partial charge in [-0.15, -0.1) is 0 Å². The molecular formula is C16H24N2O3. The maximum absolute atomic E-state index is 11.9. The quantitative estimate of drug-likeness (QED) is 0.722. The Balaban J connectivity index is 2.43. The Hall–Kier alpha value is -2.04. The van der Waals surface area contributed by atoms with Crippen LogP contribution >= 0.6 is 0 Å². The number of benzene rings is 1. The SMILES string of the molecule is CCCCCN(C)C(=O)Nc1ccc(CCC(=O)O)cc1. The monoisotopic (exact) mass is 292 g/mol. The average molecular weight is 292 g/mol. The number of unbranched alkanes of at least 4 members (excludes halogenated alkanes) is 2. The van der Waals surface area contributed by atoms with Crippen molar-refractivity contribution in [1.29, 1.82) is 0 Å². The largest absolute Gasteiger partial charge is 0.481 e. The van der Waals surface area contributed by atoms with Crippen LogP contribution in [0.5, 0.6) is 0 Å². The Kier molecular flexibility index (Phi) is 7.29. The molecule has 0 radical (unpaired) electrons. The Morgan fingerprint density at radius 3 is 2.43 bits per heavy atom. The van der Waals surface area contributed by atoms with Crippen LogP contribution in [0.2, 0.25) is 0 Å². The lowest BCUT2D eigenvalue weighted by Crippen LogP contribution is -2.32. The van der Waals surface area contributed by atoms with Gasteiger partial charge >= 0.3 is 12.0 Å². The van der Waals surface area contributed by atoms with Crippen molar-refractivity contribution in [3.05, 3.63) is 29.8 Å². The van der Waals surface area contributed by atoms with Crippen LogP contribution in [0, 0.1) is 0 Å². The van der Waals surface area contributed by atoms with E-state index in [1.165, 1.54) is 0 Å². The second-order valence-corrected chi connectivity index (χ2v) is 5.15. The van der Waals surface area contributed by atoms with Gasteiger partial charge in [0.05, 0.1) is 0 Å². The molecule has 5 nitrogen and oxygen atoms in total. The number of aliphatic carboxylic acids is 1. The summed E-state index contributed by atoms with van der Waals surface area (Å²) in [6, 6.07) is 7.17. The van der Waals surface area contributed by atoms with E-state index < -0.39 is 5.97 Å². The van der Waals surface area contributed by atoms with Gasteiger partial charge in [-0.05, 0) is 30.5 Å². The van der Waals surface area contributed by atoms with Gasteiger partial charge < -0.3 is 15.3 Å². The summed E-state index contributed by atoms with van der Waals surface area (Å²) in [7, 11) is 1.78. The van der Waals surface area contributed by atoms with Crippen molar-refractivity contribution < 1.29 is 14.7 Å². The fourth-order valence-electron chi connectivity index (χ4n) is 1.93. The van der Waals surface area contributed by atoms with E-state index >= 15 is 0 Å². The minimum Gasteiger partial charge on any atom is -0.481 e. The molecule has 0 saturated carbocycles. The van der Waals surface area contributed by atoms with Crippen molar-refractivity contribution in [3.63, 3.8) is 0 Å². The predicted molar refractivity (Wildman–Crippen MR) is 83.6 cm³/mol. The summed E-state index contributed by atoms with van der Waals surface area (Å²) < 4.78 is 0. The van der Waals surface area contributed by atoms with E-state index in [1.54, 1.807) is 24.1 Å². The highest BCUT2D eigenvalue weighted by molar-refractivity contribution is 5.89. The molecule has 0 aliphatic rings. The number of carbonyl (C=O) groups excluding carboxylic acids is 1. The topological polar surface area (TPSA) is 69.6 Å². The summed E-state index contributed by atoms with van der Waals surface area (Å²) in [6.45, 7) is 2.88. The normalized spacial score (nSPS) is 10.2. The van der Waals surface area contributed by atoms with Crippen molar-refractivity contribution >= 4 is 17.7 Å². The van der Waals surface area contributed by atoms with Crippen LogP contribution in [0.4, 0.5) is 10.5 Å². The maximum Gasteiger partial charge on any atom is 0.321 e. The Bertz CT molecular complexity index is 457. The number of aryl methyl sites for hydroxylation is 1. The molecule has 5 heteroatoms. The Labute approximate surface area is 126 Å². The average Bonchev–Trinajstić information content (AvgIpc) is 2.46. The molecule has 0 atom stereocenters.